The van der Waals surface area contributed by atoms with Crippen LogP contribution < -0.4 is 9.62 Å². The van der Waals surface area contributed by atoms with E-state index in [2.05, 4.69) is 15.3 Å². The number of hydrogen-bond donors (Lipinski definition) is 1. The summed E-state index contributed by atoms with van der Waals surface area (Å²) >= 11 is 0. The maximum Gasteiger partial charge on any atom is 0.264 e. The SMILES string of the molecule is CN1c2cnc(Nc3ccc(F)cc3)nc2-c2ccccc2S1(=O)=O. The molecule has 0 unspecified atom stereocenters. The summed E-state index contributed by atoms with van der Waals surface area (Å²) in [4.78, 5) is 8.85. The summed E-state index contributed by atoms with van der Waals surface area (Å²) in [5.74, 6) is -0.0365. The zero-order valence-corrected chi connectivity index (χ0v) is 14.0. The Hall–Kier alpha value is -3.00. The third-order valence-corrected chi connectivity index (χ3v) is 5.82. The van der Waals surface area contributed by atoms with Crippen LogP contribution in [0, 0.1) is 5.82 Å². The highest BCUT2D eigenvalue weighted by molar-refractivity contribution is 7.93. The van der Waals surface area contributed by atoms with Crippen molar-refractivity contribution < 1.29 is 12.8 Å². The largest absolute Gasteiger partial charge is 0.324 e. The predicted octanol–water partition coefficient (Wildman–Crippen LogP) is 3.16. The summed E-state index contributed by atoms with van der Waals surface area (Å²) in [6.45, 7) is 0. The molecule has 3 aromatic rings. The van der Waals surface area contributed by atoms with E-state index < -0.39 is 10.0 Å². The van der Waals surface area contributed by atoms with Crippen LogP contribution in [0.5, 0.6) is 0 Å². The fourth-order valence-corrected chi connectivity index (χ4v) is 4.07. The standard InChI is InChI=1S/C17H13FN4O2S/c1-22-14-10-19-17(20-12-8-6-11(18)7-9-12)21-16(14)13-4-2-3-5-15(13)25(22,23)24/h2-10H,1H3,(H,19,20,21). The lowest BCUT2D eigenvalue weighted by Gasteiger charge is -2.28. The molecular formula is C17H13FN4O2S. The van der Waals surface area contributed by atoms with Crippen LogP contribution in [0.3, 0.4) is 0 Å². The number of aromatic nitrogens is 2. The molecule has 1 aromatic heterocycles. The second-order valence-corrected chi connectivity index (χ2v) is 7.47. The number of fused-ring (bicyclic) bond motifs is 3. The van der Waals surface area contributed by atoms with Crippen molar-refractivity contribution in [2.75, 3.05) is 16.7 Å². The first kappa shape index (κ1) is 15.5. The van der Waals surface area contributed by atoms with E-state index in [4.69, 9.17) is 0 Å². The fourth-order valence-electron chi connectivity index (χ4n) is 2.69. The van der Waals surface area contributed by atoms with E-state index in [1.54, 1.807) is 36.4 Å². The molecule has 4 rings (SSSR count). The average molecular weight is 356 g/mol. The van der Waals surface area contributed by atoms with Crippen LogP contribution in [-0.2, 0) is 10.0 Å². The number of anilines is 3. The van der Waals surface area contributed by atoms with Crippen LogP contribution in [0.15, 0.2) is 59.6 Å². The van der Waals surface area contributed by atoms with Crippen LogP contribution in [0.4, 0.5) is 21.7 Å². The normalized spacial score (nSPS) is 14.6. The molecule has 25 heavy (non-hydrogen) atoms. The van der Waals surface area contributed by atoms with Gasteiger partial charge >= 0.3 is 0 Å². The van der Waals surface area contributed by atoms with Crippen molar-refractivity contribution in [1.29, 1.82) is 0 Å². The Morgan fingerprint density at radius 1 is 1.08 bits per heavy atom. The Labute approximate surface area is 144 Å². The summed E-state index contributed by atoms with van der Waals surface area (Å²) < 4.78 is 39.4. The maximum atomic E-state index is 13.0. The maximum absolute atomic E-state index is 13.0. The minimum atomic E-state index is -3.62. The van der Waals surface area contributed by atoms with Crippen molar-refractivity contribution in [1.82, 2.24) is 9.97 Å². The summed E-state index contributed by atoms with van der Waals surface area (Å²) in [5, 5.41) is 2.99. The van der Waals surface area contributed by atoms with E-state index in [0.29, 0.717) is 28.6 Å². The van der Waals surface area contributed by atoms with Gasteiger partial charge in [0.15, 0.2) is 0 Å². The van der Waals surface area contributed by atoms with Gasteiger partial charge in [0.25, 0.3) is 10.0 Å². The molecule has 2 heterocycles. The quantitative estimate of drug-likeness (QED) is 0.763. The number of hydrogen-bond acceptors (Lipinski definition) is 5. The summed E-state index contributed by atoms with van der Waals surface area (Å²) in [6, 6.07) is 12.5. The number of rotatable bonds is 2. The van der Waals surface area contributed by atoms with Gasteiger partial charge in [0.2, 0.25) is 5.95 Å². The number of nitrogens with one attached hydrogen (secondary N) is 1. The molecule has 126 valence electrons. The van der Waals surface area contributed by atoms with E-state index in [1.807, 2.05) is 0 Å². The van der Waals surface area contributed by atoms with Crippen LogP contribution in [-0.4, -0.2) is 25.4 Å². The molecule has 0 fully saturated rings. The Kier molecular flexibility index (Phi) is 3.43. The highest BCUT2D eigenvalue weighted by Gasteiger charge is 2.33. The van der Waals surface area contributed by atoms with Crippen molar-refractivity contribution in [3.8, 4) is 11.3 Å². The van der Waals surface area contributed by atoms with Gasteiger partial charge in [-0.05, 0) is 30.3 Å². The van der Waals surface area contributed by atoms with Crippen LogP contribution >= 0.6 is 0 Å². The molecule has 2 aromatic carbocycles. The Bertz CT molecular complexity index is 1070. The molecular weight excluding hydrogens is 343 g/mol. The van der Waals surface area contributed by atoms with Crippen molar-refractivity contribution >= 4 is 27.3 Å². The third kappa shape index (κ3) is 2.51. The van der Waals surface area contributed by atoms with Crippen LogP contribution in [0.1, 0.15) is 0 Å². The monoisotopic (exact) mass is 356 g/mol. The second kappa shape index (κ2) is 5.52. The van der Waals surface area contributed by atoms with Gasteiger partial charge in [-0.15, -0.1) is 0 Å². The Morgan fingerprint density at radius 3 is 2.56 bits per heavy atom. The third-order valence-electron chi connectivity index (χ3n) is 3.99. The lowest BCUT2D eigenvalue weighted by Crippen LogP contribution is -2.31. The number of benzene rings is 2. The zero-order valence-electron chi connectivity index (χ0n) is 13.1. The van der Waals surface area contributed by atoms with Gasteiger partial charge < -0.3 is 5.32 Å². The molecule has 0 amide bonds. The number of sulfonamides is 1. The highest BCUT2D eigenvalue weighted by Crippen LogP contribution is 2.40. The molecule has 1 aliphatic rings. The molecule has 0 radical (unpaired) electrons. The van der Waals surface area contributed by atoms with E-state index in [0.717, 1.165) is 0 Å². The number of nitrogens with zero attached hydrogens (tertiary/aromatic N) is 3. The molecule has 0 bridgehead atoms. The van der Waals surface area contributed by atoms with Gasteiger partial charge in [-0.3, -0.25) is 4.31 Å². The molecule has 0 saturated carbocycles. The average Bonchev–Trinajstić information content (AvgIpc) is 2.62. The zero-order chi connectivity index (χ0) is 17.6. The van der Waals surface area contributed by atoms with Gasteiger partial charge in [-0.2, -0.15) is 0 Å². The van der Waals surface area contributed by atoms with Gasteiger partial charge in [-0.25, -0.2) is 22.8 Å². The molecule has 6 nitrogen and oxygen atoms in total. The Morgan fingerprint density at radius 2 is 1.80 bits per heavy atom. The van der Waals surface area contributed by atoms with Crippen molar-refractivity contribution in [2.24, 2.45) is 0 Å². The molecule has 0 aliphatic carbocycles. The second-order valence-electron chi connectivity index (χ2n) is 5.53. The van der Waals surface area contributed by atoms with Crippen molar-refractivity contribution in [2.45, 2.75) is 4.90 Å². The molecule has 0 saturated heterocycles. The first-order valence-electron chi connectivity index (χ1n) is 7.45. The van der Waals surface area contributed by atoms with Crippen LogP contribution in [0.2, 0.25) is 0 Å². The van der Waals surface area contributed by atoms with Crippen LogP contribution in [0.25, 0.3) is 11.3 Å². The topological polar surface area (TPSA) is 75.2 Å². The van der Waals surface area contributed by atoms with E-state index in [1.165, 1.54) is 29.7 Å². The van der Waals surface area contributed by atoms with Crippen molar-refractivity contribution in [3.63, 3.8) is 0 Å². The minimum absolute atomic E-state index is 0.205. The molecule has 1 aliphatic heterocycles. The van der Waals surface area contributed by atoms with E-state index in [9.17, 15) is 12.8 Å². The minimum Gasteiger partial charge on any atom is -0.324 e. The smallest absolute Gasteiger partial charge is 0.264 e. The Balaban J connectivity index is 1.82. The molecule has 1 N–H and O–H groups in total. The summed E-state index contributed by atoms with van der Waals surface area (Å²) in [6.07, 6.45) is 1.46. The van der Waals surface area contributed by atoms with E-state index in [-0.39, 0.29) is 10.7 Å². The lowest BCUT2D eigenvalue weighted by atomic mass is 10.1. The summed E-state index contributed by atoms with van der Waals surface area (Å²) in [5.41, 5.74) is 2.09. The van der Waals surface area contributed by atoms with Gasteiger partial charge in [0, 0.05) is 18.3 Å². The van der Waals surface area contributed by atoms with E-state index >= 15 is 0 Å². The molecule has 0 spiro atoms. The molecule has 8 heteroatoms. The molecule has 0 atom stereocenters. The van der Waals surface area contributed by atoms with Gasteiger partial charge in [-0.1, -0.05) is 18.2 Å². The van der Waals surface area contributed by atoms with Gasteiger partial charge in [0.05, 0.1) is 16.8 Å². The first-order chi connectivity index (χ1) is 12.0. The lowest BCUT2D eigenvalue weighted by molar-refractivity contribution is 0.593. The summed E-state index contributed by atoms with van der Waals surface area (Å²) in [7, 11) is -2.15. The van der Waals surface area contributed by atoms with Gasteiger partial charge in [0.1, 0.15) is 11.5 Å². The number of halogens is 1. The van der Waals surface area contributed by atoms with Crippen molar-refractivity contribution in [3.05, 3.63) is 60.5 Å². The highest BCUT2D eigenvalue weighted by atomic mass is 32.2. The predicted molar refractivity (Wildman–Crippen MR) is 92.7 cm³/mol. The fraction of sp³-hybridized carbons (Fsp3) is 0.0588. The first-order valence-corrected chi connectivity index (χ1v) is 8.89.